The highest BCUT2D eigenvalue weighted by molar-refractivity contribution is 5.30. The fraction of sp³-hybridized carbons (Fsp3) is 0.625. The minimum Gasteiger partial charge on any atom is -0.311 e. The number of hydrogen-bond donors (Lipinski definition) is 1. The maximum atomic E-state index is 3.85. The van der Waals surface area contributed by atoms with Gasteiger partial charge in [0.1, 0.15) is 0 Å². The highest BCUT2D eigenvalue weighted by Gasteiger charge is 2.21. The molecule has 0 saturated heterocycles. The number of fused-ring (bicyclic) bond motifs is 1. The Morgan fingerprint density at radius 2 is 1.94 bits per heavy atom. The van der Waals surface area contributed by atoms with Crippen LogP contribution >= 0.6 is 0 Å². The highest BCUT2D eigenvalue weighted by Crippen LogP contribution is 2.22. The summed E-state index contributed by atoms with van der Waals surface area (Å²) in [4.78, 5) is 0. The van der Waals surface area contributed by atoms with Crippen molar-refractivity contribution in [1.29, 1.82) is 0 Å². The van der Waals surface area contributed by atoms with Crippen molar-refractivity contribution in [3.63, 3.8) is 0 Å². The van der Waals surface area contributed by atoms with Gasteiger partial charge in [0.05, 0.1) is 0 Å². The molecule has 2 rings (SSSR count). The van der Waals surface area contributed by atoms with Gasteiger partial charge in [0.15, 0.2) is 0 Å². The molecule has 0 bridgehead atoms. The quantitative estimate of drug-likeness (QED) is 0.835. The van der Waals surface area contributed by atoms with Crippen LogP contribution in [0.4, 0.5) is 0 Å². The Morgan fingerprint density at radius 3 is 2.59 bits per heavy atom. The molecule has 1 aliphatic carbocycles. The van der Waals surface area contributed by atoms with Gasteiger partial charge in [-0.05, 0) is 42.7 Å². The van der Waals surface area contributed by atoms with Gasteiger partial charge in [0.25, 0.3) is 0 Å². The fourth-order valence-corrected chi connectivity index (χ4v) is 2.92. The first-order valence-electron chi connectivity index (χ1n) is 7.03. The van der Waals surface area contributed by atoms with E-state index in [-0.39, 0.29) is 0 Å². The van der Waals surface area contributed by atoms with E-state index in [2.05, 4.69) is 50.4 Å². The summed E-state index contributed by atoms with van der Waals surface area (Å²) in [5, 5.41) is 3.85. The summed E-state index contributed by atoms with van der Waals surface area (Å²) in [6.07, 6.45) is 4.97. The molecule has 1 aromatic carbocycles. The maximum Gasteiger partial charge on any atom is 0.0113 e. The minimum absolute atomic E-state index is 0.672. The zero-order chi connectivity index (χ0) is 12.3. The second-order valence-corrected chi connectivity index (χ2v) is 5.63. The predicted molar refractivity (Wildman–Crippen MR) is 74.3 cm³/mol. The van der Waals surface area contributed by atoms with Crippen LogP contribution in [0.5, 0.6) is 0 Å². The Labute approximate surface area is 106 Å². The van der Waals surface area contributed by atoms with Crippen molar-refractivity contribution in [3.05, 3.63) is 35.4 Å². The minimum atomic E-state index is 0.672. The maximum absolute atomic E-state index is 3.85. The monoisotopic (exact) mass is 231 g/mol. The average Bonchev–Trinajstić information content (AvgIpc) is 2.35. The summed E-state index contributed by atoms with van der Waals surface area (Å²) in [5.74, 6) is 0.733. The number of aryl methyl sites for hydroxylation is 1. The van der Waals surface area contributed by atoms with Crippen LogP contribution in [0.3, 0.4) is 0 Å². The van der Waals surface area contributed by atoms with Crippen molar-refractivity contribution in [2.24, 2.45) is 5.92 Å². The van der Waals surface area contributed by atoms with E-state index >= 15 is 0 Å². The molecule has 0 spiro atoms. The second kappa shape index (κ2) is 5.68. The van der Waals surface area contributed by atoms with E-state index in [1.165, 1.54) is 25.7 Å². The molecule has 2 atom stereocenters. The molecule has 1 aliphatic rings. The molecule has 1 heteroatoms. The third-order valence-corrected chi connectivity index (χ3v) is 4.04. The standard InChI is InChI=1S/C16H25N/c1-4-16(12(2)3)17-15-10-9-13-7-5-6-8-14(13)11-15/h5-8,12,15-17H,4,9-11H2,1-3H3. The molecule has 94 valence electrons. The molecule has 1 nitrogen and oxygen atoms in total. The van der Waals surface area contributed by atoms with Crippen LogP contribution in [0, 0.1) is 5.92 Å². The van der Waals surface area contributed by atoms with Crippen LogP contribution in [0.1, 0.15) is 44.7 Å². The smallest absolute Gasteiger partial charge is 0.0113 e. The topological polar surface area (TPSA) is 12.0 Å². The molecule has 0 saturated carbocycles. The van der Waals surface area contributed by atoms with Gasteiger partial charge in [-0.1, -0.05) is 45.0 Å². The van der Waals surface area contributed by atoms with Crippen LogP contribution < -0.4 is 5.32 Å². The molecule has 0 aliphatic heterocycles. The summed E-state index contributed by atoms with van der Waals surface area (Å²) in [5.41, 5.74) is 3.11. The molecule has 2 unspecified atom stereocenters. The molecule has 0 aromatic heterocycles. The van der Waals surface area contributed by atoms with E-state index in [4.69, 9.17) is 0 Å². The third kappa shape index (κ3) is 3.10. The van der Waals surface area contributed by atoms with Gasteiger partial charge in [-0.2, -0.15) is 0 Å². The number of rotatable bonds is 4. The molecular weight excluding hydrogens is 206 g/mol. The number of hydrogen-bond acceptors (Lipinski definition) is 1. The first-order chi connectivity index (χ1) is 8.20. The largest absolute Gasteiger partial charge is 0.311 e. The van der Waals surface area contributed by atoms with E-state index in [0.29, 0.717) is 12.1 Å². The zero-order valence-electron chi connectivity index (χ0n) is 11.4. The Kier molecular flexibility index (Phi) is 4.22. The summed E-state index contributed by atoms with van der Waals surface area (Å²) < 4.78 is 0. The second-order valence-electron chi connectivity index (χ2n) is 5.63. The van der Waals surface area contributed by atoms with Crippen molar-refractivity contribution >= 4 is 0 Å². The molecule has 0 fully saturated rings. The van der Waals surface area contributed by atoms with Crippen LogP contribution in [0.15, 0.2) is 24.3 Å². The van der Waals surface area contributed by atoms with Crippen LogP contribution in [-0.4, -0.2) is 12.1 Å². The molecule has 0 heterocycles. The fourth-order valence-electron chi connectivity index (χ4n) is 2.92. The van der Waals surface area contributed by atoms with Crippen LogP contribution in [0.25, 0.3) is 0 Å². The SMILES string of the molecule is CCC(NC1CCc2ccccc2C1)C(C)C. The van der Waals surface area contributed by atoms with Gasteiger partial charge < -0.3 is 5.32 Å². The highest BCUT2D eigenvalue weighted by atomic mass is 15.0. The lowest BCUT2D eigenvalue weighted by Crippen LogP contribution is -2.43. The average molecular weight is 231 g/mol. The van der Waals surface area contributed by atoms with E-state index in [1.54, 1.807) is 11.1 Å². The molecular formula is C16H25N. The van der Waals surface area contributed by atoms with Gasteiger partial charge in [0.2, 0.25) is 0 Å². The van der Waals surface area contributed by atoms with Crippen molar-refractivity contribution < 1.29 is 0 Å². The first-order valence-corrected chi connectivity index (χ1v) is 7.03. The lowest BCUT2D eigenvalue weighted by molar-refractivity contribution is 0.324. The van der Waals surface area contributed by atoms with Crippen LogP contribution in [-0.2, 0) is 12.8 Å². The molecule has 17 heavy (non-hydrogen) atoms. The van der Waals surface area contributed by atoms with Crippen molar-refractivity contribution in [2.45, 2.75) is 58.5 Å². The summed E-state index contributed by atoms with van der Waals surface area (Å²) in [6.45, 7) is 6.92. The lowest BCUT2D eigenvalue weighted by atomic mass is 9.87. The van der Waals surface area contributed by atoms with Gasteiger partial charge in [-0.25, -0.2) is 0 Å². The Bertz CT molecular complexity index is 356. The van der Waals surface area contributed by atoms with E-state index in [0.717, 1.165) is 5.92 Å². The number of benzene rings is 1. The normalized spacial score (nSPS) is 21.3. The molecule has 0 radical (unpaired) electrons. The van der Waals surface area contributed by atoms with E-state index in [9.17, 15) is 0 Å². The molecule has 1 N–H and O–H groups in total. The number of nitrogens with one attached hydrogen (secondary N) is 1. The van der Waals surface area contributed by atoms with Gasteiger partial charge in [-0.15, -0.1) is 0 Å². The van der Waals surface area contributed by atoms with Gasteiger partial charge in [-0.3, -0.25) is 0 Å². The molecule has 0 amide bonds. The lowest BCUT2D eigenvalue weighted by Gasteiger charge is -2.31. The van der Waals surface area contributed by atoms with Crippen molar-refractivity contribution in [1.82, 2.24) is 5.32 Å². The Balaban J connectivity index is 1.98. The Hall–Kier alpha value is -0.820. The van der Waals surface area contributed by atoms with Gasteiger partial charge in [0, 0.05) is 12.1 Å². The summed E-state index contributed by atoms with van der Waals surface area (Å²) in [6, 6.07) is 10.3. The zero-order valence-corrected chi connectivity index (χ0v) is 11.4. The molecule has 1 aromatic rings. The predicted octanol–water partition coefficient (Wildman–Crippen LogP) is 3.57. The summed E-state index contributed by atoms with van der Waals surface area (Å²) in [7, 11) is 0. The van der Waals surface area contributed by atoms with Crippen LogP contribution in [0.2, 0.25) is 0 Å². The van der Waals surface area contributed by atoms with E-state index < -0.39 is 0 Å². The Morgan fingerprint density at radius 1 is 1.24 bits per heavy atom. The third-order valence-electron chi connectivity index (χ3n) is 4.04. The van der Waals surface area contributed by atoms with Crippen molar-refractivity contribution in [3.8, 4) is 0 Å². The van der Waals surface area contributed by atoms with Crippen molar-refractivity contribution in [2.75, 3.05) is 0 Å². The van der Waals surface area contributed by atoms with Gasteiger partial charge >= 0.3 is 0 Å². The first kappa shape index (κ1) is 12.6. The summed E-state index contributed by atoms with van der Waals surface area (Å²) >= 11 is 0. The van der Waals surface area contributed by atoms with E-state index in [1.807, 2.05) is 0 Å².